The minimum atomic E-state index is 0.753. The fourth-order valence-electron chi connectivity index (χ4n) is 2.42. The molecule has 0 spiro atoms. The van der Waals surface area contributed by atoms with Gasteiger partial charge in [-0.25, -0.2) is 0 Å². The van der Waals surface area contributed by atoms with Crippen LogP contribution in [0.4, 0.5) is 0 Å². The molecular formula is C12H24N2. The second kappa shape index (κ2) is 4.63. The predicted molar refractivity (Wildman–Crippen MR) is 60.5 cm³/mol. The summed E-state index contributed by atoms with van der Waals surface area (Å²) in [6.45, 7) is 8.48. The summed E-state index contributed by atoms with van der Waals surface area (Å²) >= 11 is 0. The van der Waals surface area contributed by atoms with Crippen molar-refractivity contribution in [3.05, 3.63) is 0 Å². The zero-order valence-electron chi connectivity index (χ0n) is 9.63. The van der Waals surface area contributed by atoms with Crippen LogP contribution < -0.4 is 5.32 Å². The van der Waals surface area contributed by atoms with Gasteiger partial charge in [0.05, 0.1) is 0 Å². The first-order chi connectivity index (χ1) is 6.79. The van der Waals surface area contributed by atoms with Crippen LogP contribution in [-0.4, -0.2) is 36.6 Å². The van der Waals surface area contributed by atoms with Crippen molar-refractivity contribution in [3.63, 3.8) is 0 Å². The maximum atomic E-state index is 3.65. The average Bonchev–Trinajstić information content (AvgIpc) is 2.95. The van der Waals surface area contributed by atoms with E-state index >= 15 is 0 Å². The number of nitrogens with one attached hydrogen (secondary N) is 1. The molecule has 0 aromatic heterocycles. The highest BCUT2D eigenvalue weighted by Gasteiger charge is 2.30. The van der Waals surface area contributed by atoms with Gasteiger partial charge < -0.3 is 5.32 Å². The van der Waals surface area contributed by atoms with E-state index < -0.39 is 0 Å². The van der Waals surface area contributed by atoms with Gasteiger partial charge in [-0.15, -0.1) is 0 Å². The van der Waals surface area contributed by atoms with E-state index in [-0.39, 0.29) is 0 Å². The molecule has 1 aliphatic carbocycles. The third-order valence-corrected chi connectivity index (χ3v) is 3.61. The summed E-state index contributed by atoms with van der Waals surface area (Å²) in [6, 6.07) is 1.51. The fourth-order valence-corrected chi connectivity index (χ4v) is 2.42. The van der Waals surface area contributed by atoms with Crippen LogP contribution in [0.1, 0.15) is 39.5 Å². The van der Waals surface area contributed by atoms with Crippen LogP contribution in [0.25, 0.3) is 0 Å². The monoisotopic (exact) mass is 196 g/mol. The second-order valence-corrected chi connectivity index (χ2v) is 5.14. The maximum absolute atomic E-state index is 3.65. The molecule has 0 aromatic carbocycles. The summed E-state index contributed by atoms with van der Waals surface area (Å²) in [6.07, 6.45) is 5.61. The van der Waals surface area contributed by atoms with E-state index in [4.69, 9.17) is 0 Å². The van der Waals surface area contributed by atoms with Gasteiger partial charge in [-0.2, -0.15) is 0 Å². The van der Waals surface area contributed by atoms with Gasteiger partial charge in [0, 0.05) is 31.7 Å². The molecule has 0 amide bonds. The van der Waals surface area contributed by atoms with E-state index in [0.29, 0.717) is 0 Å². The van der Waals surface area contributed by atoms with Gasteiger partial charge in [0.1, 0.15) is 0 Å². The van der Waals surface area contributed by atoms with Crippen molar-refractivity contribution in [2.45, 2.75) is 51.6 Å². The van der Waals surface area contributed by atoms with Crippen molar-refractivity contribution in [2.24, 2.45) is 5.92 Å². The van der Waals surface area contributed by atoms with Crippen molar-refractivity contribution in [1.82, 2.24) is 10.2 Å². The highest BCUT2D eigenvalue weighted by atomic mass is 15.2. The first kappa shape index (κ1) is 10.4. The quantitative estimate of drug-likeness (QED) is 0.738. The lowest BCUT2D eigenvalue weighted by Gasteiger charge is -2.39. The molecule has 0 radical (unpaired) electrons. The molecule has 2 fully saturated rings. The van der Waals surface area contributed by atoms with Gasteiger partial charge >= 0.3 is 0 Å². The molecule has 2 unspecified atom stereocenters. The molecule has 2 heteroatoms. The van der Waals surface area contributed by atoms with Gasteiger partial charge in [-0.3, -0.25) is 4.90 Å². The van der Waals surface area contributed by atoms with Crippen molar-refractivity contribution in [2.75, 3.05) is 19.6 Å². The van der Waals surface area contributed by atoms with Crippen molar-refractivity contribution >= 4 is 0 Å². The Morgan fingerprint density at radius 2 is 2.14 bits per heavy atom. The first-order valence-electron chi connectivity index (χ1n) is 6.27. The van der Waals surface area contributed by atoms with Crippen LogP contribution in [0.2, 0.25) is 0 Å². The van der Waals surface area contributed by atoms with Crippen LogP contribution in [0.5, 0.6) is 0 Å². The SMILES string of the molecule is CCCC1CN(CC2CC2)C(C)CN1. The zero-order valence-corrected chi connectivity index (χ0v) is 9.63. The van der Waals surface area contributed by atoms with E-state index in [1.807, 2.05) is 0 Å². The Balaban J connectivity index is 1.79. The van der Waals surface area contributed by atoms with Crippen LogP contribution in [0.15, 0.2) is 0 Å². The molecular weight excluding hydrogens is 172 g/mol. The average molecular weight is 196 g/mol. The minimum absolute atomic E-state index is 0.753. The van der Waals surface area contributed by atoms with E-state index in [0.717, 1.165) is 18.0 Å². The normalized spacial score (nSPS) is 34.7. The predicted octanol–water partition coefficient (Wildman–Crippen LogP) is 1.86. The Morgan fingerprint density at radius 1 is 1.36 bits per heavy atom. The lowest BCUT2D eigenvalue weighted by atomic mass is 10.1. The number of rotatable bonds is 4. The van der Waals surface area contributed by atoms with Crippen molar-refractivity contribution in [3.8, 4) is 0 Å². The maximum Gasteiger partial charge on any atom is 0.0195 e. The standard InChI is InChI=1S/C12H24N2/c1-3-4-12-9-14(8-11-5-6-11)10(2)7-13-12/h10-13H,3-9H2,1-2H3. The number of hydrogen-bond acceptors (Lipinski definition) is 2. The summed E-state index contributed by atoms with van der Waals surface area (Å²) < 4.78 is 0. The highest BCUT2D eigenvalue weighted by Crippen LogP contribution is 2.30. The molecule has 2 atom stereocenters. The smallest absolute Gasteiger partial charge is 0.0195 e. The van der Waals surface area contributed by atoms with E-state index in [2.05, 4.69) is 24.1 Å². The fraction of sp³-hybridized carbons (Fsp3) is 1.00. The van der Waals surface area contributed by atoms with Crippen LogP contribution in [0.3, 0.4) is 0 Å². The molecule has 1 N–H and O–H groups in total. The van der Waals surface area contributed by atoms with Crippen LogP contribution in [0, 0.1) is 5.92 Å². The lowest BCUT2D eigenvalue weighted by Crippen LogP contribution is -2.55. The summed E-state index contributed by atoms with van der Waals surface area (Å²) in [5, 5.41) is 3.65. The topological polar surface area (TPSA) is 15.3 Å². The number of piperazine rings is 1. The third-order valence-electron chi connectivity index (χ3n) is 3.61. The molecule has 1 saturated carbocycles. The van der Waals surface area contributed by atoms with Crippen molar-refractivity contribution < 1.29 is 0 Å². The molecule has 0 aromatic rings. The van der Waals surface area contributed by atoms with E-state index in [1.165, 1.54) is 45.3 Å². The summed E-state index contributed by atoms with van der Waals surface area (Å²) in [5.74, 6) is 1.04. The highest BCUT2D eigenvalue weighted by molar-refractivity contribution is 4.87. The second-order valence-electron chi connectivity index (χ2n) is 5.14. The van der Waals surface area contributed by atoms with E-state index in [9.17, 15) is 0 Å². The molecule has 2 rings (SSSR count). The first-order valence-corrected chi connectivity index (χ1v) is 6.27. The molecule has 1 heterocycles. The zero-order chi connectivity index (χ0) is 9.97. The molecule has 0 bridgehead atoms. The minimum Gasteiger partial charge on any atom is -0.311 e. The van der Waals surface area contributed by atoms with E-state index in [1.54, 1.807) is 0 Å². The molecule has 2 nitrogen and oxygen atoms in total. The Kier molecular flexibility index (Phi) is 3.45. The number of nitrogens with zero attached hydrogens (tertiary/aromatic N) is 1. The van der Waals surface area contributed by atoms with Gasteiger partial charge in [-0.05, 0) is 32.1 Å². The summed E-state index contributed by atoms with van der Waals surface area (Å²) in [7, 11) is 0. The Bertz CT molecular complexity index is 177. The van der Waals surface area contributed by atoms with Crippen molar-refractivity contribution in [1.29, 1.82) is 0 Å². The number of hydrogen-bond donors (Lipinski definition) is 1. The van der Waals surface area contributed by atoms with Gasteiger partial charge in [0.15, 0.2) is 0 Å². The summed E-state index contributed by atoms with van der Waals surface area (Å²) in [5.41, 5.74) is 0. The molecule has 2 aliphatic rings. The molecule has 1 saturated heterocycles. The Hall–Kier alpha value is -0.0800. The van der Waals surface area contributed by atoms with Crippen LogP contribution in [-0.2, 0) is 0 Å². The van der Waals surface area contributed by atoms with Gasteiger partial charge in [0.2, 0.25) is 0 Å². The van der Waals surface area contributed by atoms with Crippen LogP contribution >= 0.6 is 0 Å². The molecule has 14 heavy (non-hydrogen) atoms. The summed E-state index contributed by atoms with van der Waals surface area (Å²) in [4.78, 5) is 2.70. The van der Waals surface area contributed by atoms with Gasteiger partial charge in [-0.1, -0.05) is 13.3 Å². The molecule has 82 valence electrons. The molecule has 1 aliphatic heterocycles. The Labute approximate surface area is 88.1 Å². The van der Waals surface area contributed by atoms with Gasteiger partial charge in [0.25, 0.3) is 0 Å². The lowest BCUT2D eigenvalue weighted by molar-refractivity contribution is 0.131. The third kappa shape index (κ3) is 2.71. The largest absolute Gasteiger partial charge is 0.311 e. The Morgan fingerprint density at radius 3 is 2.79 bits per heavy atom.